The van der Waals surface area contributed by atoms with Crippen molar-refractivity contribution in [3.8, 4) is 0 Å². The molecule has 3 heterocycles. The molecule has 1 aliphatic rings. The average molecular weight is 420 g/mol. The first kappa shape index (κ1) is 14.8. The summed E-state index contributed by atoms with van der Waals surface area (Å²) in [5.41, 5.74) is 1.92. The lowest BCUT2D eigenvalue weighted by Gasteiger charge is -2.23. The number of hydrogen-bond donors (Lipinski definition) is 2. The average Bonchev–Trinajstić information content (AvgIpc) is 3.03. The van der Waals surface area contributed by atoms with Crippen LogP contribution in [0.25, 0.3) is 11.0 Å². The van der Waals surface area contributed by atoms with Crippen molar-refractivity contribution in [2.24, 2.45) is 0 Å². The number of rotatable bonds is 3. The van der Waals surface area contributed by atoms with Gasteiger partial charge in [-0.2, -0.15) is 5.10 Å². The van der Waals surface area contributed by atoms with Gasteiger partial charge in [-0.25, -0.2) is 14.6 Å². The molecule has 0 atom stereocenters. The van der Waals surface area contributed by atoms with Crippen LogP contribution in [0.15, 0.2) is 36.8 Å². The van der Waals surface area contributed by atoms with Crippen molar-refractivity contribution in [3.05, 3.63) is 40.4 Å². The Morgan fingerprint density at radius 2 is 1.91 bits per heavy atom. The summed E-state index contributed by atoms with van der Waals surface area (Å²) in [6, 6.07) is 8.65. The van der Waals surface area contributed by atoms with Gasteiger partial charge < -0.3 is 10.6 Å². The van der Waals surface area contributed by atoms with Gasteiger partial charge in [0.05, 0.1) is 17.6 Å². The predicted molar refractivity (Wildman–Crippen MR) is 98.9 cm³/mol. The third-order valence-electron chi connectivity index (χ3n) is 4.15. The summed E-state index contributed by atoms with van der Waals surface area (Å²) in [6.07, 6.45) is 5.64. The quantitative estimate of drug-likeness (QED) is 0.638. The van der Waals surface area contributed by atoms with Gasteiger partial charge in [-0.05, 0) is 72.8 Å². The van der Waals surface area contributed by atoms with Crippen molar-refractivity contribution in [2.75, 3.05) is 18.4 Å². The minimum atomic E-state index is 0.412. The fraction of sp³-hybridized carbons (Fsp3) is 0.312. The second kappa shape index (κ2) is 6.40. The number of halogens is 1. The van der Waals surface area contributed by atoms with Crippen LogP contribution in [0.2, 0.25) is 0 Å². The Kier molecular flexibility index (Phi) is 4.13. The predicted octanol–water partition coefficient (Wildman–Crippen LogP) is 3.10. The van der Waals surface area contributed by atoms with E-state index in [0.717, 1.165) is 48.5 Å². The molecule has 0 spiro atoms. The Morgan fingerprint density at radius 3 is 2.70 bits per heavy atom. The molecule has 2 aromatic heterocycles. The second-order valence-electron chi connectivity index (χ2n) is 5.66. The zero-order valence-corrected chi connectivity index (χ0v) is 14.7. The summed E-state index contributed by atoms with van der Waals surface area (Å²) in [7, 11) is 0. The molecular formula is C16H17IN6. The lowest BCUT2D eigenvalue weighted by molar-refractivity contribution is 0.349. The maximum atomic E-state index is 4.58. The van der Waals surface area contributed by atoms with E-state index in [1.807, 2.05) is 18.3 Å². The van der Waals surface area contributed by atoms with Gasteiger partial charge in [0.1, 0.15) is 12.1 Å². The normalized spacial score (nSPS) is 15.9. The number of nitrogens with zero attached hydrogens (tertiary/aromatic N) is 4. The Bertz CT molecular complexity index is 807. The minimum Gasteiger partial charge on any atom is -0.340 e. The van der Waals surface area contributed by atoms with Crippen molar-refractivity contribution >= 4 is 45.1 Å². The first-order chi connectivity index (χ1) is 11.3. The Labute approximate surface area is 147 Å². The molecule has 0 saturated carbocycles. The van der Waals surface area contributed by atoms with Gasteiger partial charge in [-0.1, -0.05) is 0 Å². The Morgan fingerprint density at radius 1 is 1.13 bits per heavy atom. The van der Waals surface area contributed by atoms with E-state index >= 15 is 0 Å². The zero-order chi connectivity index (χ0) is 15.6. The molecule has 1 fully saturated rings. The van der Waals surface area contributed by atoms with E-state index in [1.54, 1.807) is 6.33 Å². The van der Waals surface area contributed by atoms with Crippen molar-refractivity contribution in [1.82, 2.24) is 25.1 Å². The van der Waals surface area contributed by atoms with E-state index in [1.165, 1.54) is 3.57 Å². The maximum absolute atomic E-state index is 4.58. The standard InChI is InChI=1S/C16H17IN6/c17-11-1-3-12(4-2-11)22-15-14-9-21-23(16(14)20-10-19-15)13-5-7-18-8-6-13/h1-4,9-10,13,18H,5-8H2,(H,19,20,22). The highest BCUT2D eigenvalue weighted by molar-refractivity contribution is 14.1. The Hall–Kier alpha value is -1.74. The van der Waals surface area contributed by atoms with Gasteiger partial charge in [0.15, 0.2) is 5.65 Å². The number of nitrogens with one attached hydrogen (secondary N) is 2. The molecule has 4 rings (SSSR count). The molecule has 3 aromatic rings. The lowest BCUT2D eigenvalue weighted by Crippen LogP contribution is -2.29. The fourth-order valence-electron chi connectivity index (χ4n) is 2.95. The maximum Gasteiger partial charge on any atom is 0.163 e. The van der Waals surface area contributed by atoms with Gasteiger partial charge in [0.2, 0.25) is 0 Å². The first-order valence-corrected chi connectivity index (χ1v) is 8.80. The topological polar surface area (TPSA) is 67.7 Å². The van der Waals surface area contributed by atoms with Crippen LogP contribution in [-0.4, -0.2) is 32.8 Å². The van der Waals surface area contributed by atoms with E-state index in [9.17, 15) is 0 Å². The molecule has 1 aliphatic heterocycles. The molecule has 0 amide bonds. The van der Waals surface area contributed by atoms with Crippen LogP contribution >= 0.6 is 22.6 Å². The molecule has 0 bridgehead atoms. The molecule has 1 aromatic carbocycles. The third kappa shape index (κ3) is 3.02. The van der Waals surface area contributed by atoms with Crippen molar-refractivity contribution in [2.45, 2.75) is 18.9 Å². The molecule has 0 aliphatic carbocycles. The second-order valence-corrected chi connectivity index (χ2v) is 6.91. The molecule has 7 heteroatoms. The van der Waals surface area contributed by atoms with E-state index in [2.05, 4.69) is 65.1 Å². The molecule has 1 saturated heterocycles. The SMILES string of the molecule is Ic1ccc(Nc2ncnc3c2cnn3C2CCNCC2)cc1. The summed E-state index contributed by atoms with van der Waals surface area (Å²) in [5.74, 6) is 0.802. The van der Waals surface area contributed by atoms with E-state index in [4.69, 9.17) is 0 Å². The molecule has 0 radical (unpaired) electrons. The van der Waals surface area contributed by atoms with Crippen LogP contribution in [0, 0.1) is 3.57 Å². The summed E-state index contributed by atoms with van der Waals surface area (Å²) < 4.78 is 3.26. The van der Waals surface area contributed by atoms with Crippen molar-refractivity contribution in [3.63, 3.8) is 0 Å². The largest absolute Gasteiger partial charge is 0.340 e. The van der Waals surface area contributed by atoms with Crippen LogP contribution in [0.5, 0.6) is 0 Å². The minimum absolute atomic E-state index is 0.412. The molecule has 23 heavy (non-hydrogen) atoms. The van der Waals surface area contributed by atoms with Crippen LogP contribution in [0.3, 0.4) is 0 Å². The van der Waals surface area contributed by atoms with Gasteiger partial charge in [0, 0.05) is 9.26 Å². The van der Waals surface area contributed by atoms with Crippen LogP contribution in [0.4, 0.5) is 11.5 Å². The summed E-state index contributed by atoms with van der Waals surface area (Å²) in [5, 5.41) is 12.3. The summed E-state index contributed by atoms with van der Waals surface area (Å²) >= 11 is 2.30. The summed E-state index contributed by atoms with van der Waals surface area (Å²) in [6.45, 7) is 2.07. The Balaban J connectivity index is 1.68. The number of hydrogen-bond acceptors (Lipinski definition) is 5. The molecule has 0 unspecified atom stereocenters. The lowest BCUT2D eigenvalue weighted by atomic mass is 10.1. The number of anilines is 2. The van der Waals surface area contributed by atoms with Crippen LogP contribution in [-0.2, 0) is 0 Å². The van der Waals surface area contributed by atoms with Crippen LogP contribution in [0.1, 0.15) is 18.9 Å². The molecule has 2 N–H and O–H groups in total. The van der Waals surface area contributed by atoms with E-state index < -0.39 is 0 Å². The number of aromatic nitrogens is 4. The highest BCUT2D eigenvalue weighted by atomic mass is 127. The smallest absolute Gasteiger partial charge is 0.163 e. The molecule has 118 valence electrons. The number of piperidine rings is 1. The van der Waals surface area contributed by atoms with Gasteiger partial charge >= 0.3 is 0 Å². The fourth-order valence-corrected chi connectivity index (χ4v) is 3.31. The van der Waals surface area contributed by atoms with Gasteiger partial charge in [0.25, 0.3) is 0 Å². The monoisotopic (exact) mass is 420 g/mol. The highest BCUT2D eigenvalue weighted by Crippen LogP contribution is 2.27. The highest BCUT2D eigenvalue weighted by Gasteiger charge is 2.19. The van der Waals surface area contributed by atoms with Crippen LogP contribution < -0.4 is 10.6 Å². The van der Waals surface area contributed by atoms with Gasteiger partial charge in [-0.15, -0.1) is 0 Å². The molecular weight excluding hydrogens is 403 g/mol. The molecule has 6 nitrogen and oxygen atoms in total. The third-order valence-corrected chi connectivity index (χ3v) is 4.87. The summed E-state index contributed by atoms with van der Waals surface area (Å²) in [4.78, 5) is 8.85. The van der Waals surface area contributed by atoms with Gasteiger partial charge in [-0.3, -0.25) is 0 Å². The van der Waals surface area contributed by atoms with E-state index in [0.29, 0.717) is 6.04 Å². The van der Waals surface area contributed by atoms with Crippen molar-refractivity contribution < 1.29 is 0 Å². The zero-order valence-electron chi connectivity index (χ0n) is 12.5. The number of fused-ring (bicyclic) bond motifs is 1. The van der Waals surface area contributed by atoms with E-state index in [-0.39, 0.29) is 0 Å². The number of benzene rings is 1. The van der Waals surface area contributed by atoms with Crippen molar-refractivity contribution in [1.29, 1.82) is 0 Å². The first-order valence-electron chi connectivity index (χ1n) is 7.73.